The molecule has 0 unspecified atom stereocenters. The van der Waals surface area contributed by atoms with Crippen LogP contribution in [0.2, 0.25) is 0 Å². The molecule has 0 fully saturated rings. The Morgan fingerprint density at radius 1 is 1.47 bits per heavy atom. The molecule has 1 aromatic heterocycles. The van der Waals surface area contributed by atoms with E-state index in [-0.39, 0.29) is 0 Å². The second kappa shape index (κ2) is 5.50. The molecule has 106 valence electrons. The van der Waals surface area contributed by atoms with Crippen molar-refractivity contribution in [2.24, 2.45) is 5.73 Å². The maximum atomic E-state index is 12.8. The molecule has 8 nitrogen and oxygen atoms in total. The lowest BCUT2D eigenvalue weighted by Gasteiger charge is -2.14. The van der Waals surface area contributed by atoms with Gasteiger partial charge in [0.1, 0.15) is 4.90 Å². The predicted molar refractivity (Wildman–Crippen MR) is 60.1 cm³/mol. The highest BCUT2D eigenvalue weighted by Gasteiger charge is 2.29. The summed E-state index contributed by atoms with van der Waals surface area (Å²) in [4.78, 5) is 12.3. The minimum Gasteiger partial charge on any atom is -0.358 e. The van der Waals surface area contributed by atoms with Crippen LogP contribution in [0.3, 0.4) is 0 Å². The number of halogens is 2. The molecule has 0 aliphatic carbocycles. The van der Waals surface area contributed by atoms with Crippen LogP contribution in [0, 0.1) is 10.1 Å². The molecule has 0 saturated heterocycles. The van der Waals surface area contributed by atoms with Gasteiger partial charge in [-0.3, -0.25) is 0 Å². The Morgan fingerprint density at radius 2 is 2.11 bits per heavy atom. The third kappa shape index (κ3) is 4.15. The molecular formula is C8H10F2N4O4S. The maximum Gasteiger partial charge on any atom is 0.363 e. The fourth-order valence-corrected chi connectivity index (χ4v) is 2.00. The molecule has 0 atom stereocenters. The number of nitrogens with two attached hydrogens (primary N) is 1. The second-order valence-electron chi connectivity index (χ2n) is 3.49. The normalized spacial score (nSPS) is 12.4. The van der Waals surface area contributed by atoms with E-state index in [2.05, 4.69) is 4.98 Å². The van der Waals surface area contributed by atoms with Crippen molar-refractivity contribution in [3.05, 3.63) is 28.4 Å². The maximum absolute atomic E-state index is 12.8. The van der Waals surface area contributed by atoms with Crippen LogP contribution in [0.5, 0.6) is 0 Å². The van der Waals surface area contributed by atoms with Gasteiger partial charge in [0.05, 0.1) is 13.1 Å². The SMILES string of the molecule is NCC(F)(F)CNS(=O)(=O)c1ccc([N+](=O)[O-])nc1. The third-order valence-electron chi connectivity index (χ3n) is 2.04. The molecule has 1 heterocycles. The second-order valence-corrected chi connectivity index (χ2v) is 5.26. The van der Waals surface area contributed by atoms with Gasteiger partial charge in [0.15, 0.2) is 6.20 Å². The van der Waals surface area contributed by atoms with E-state index >= 15 is 0 Å². The van der Waals surface area contributed by atoms with Crippen molar-refractivity contribution >= 4 is 15.8 Å². The van der Waals surface area contributed by atoms with Crippen LogP contribution in [-0.2, 0) is 10.0 Å². The molecule has 1 aromatic rings. The van der Waals surface area contributed by atoms with Gasteiger partial charge in [-0.15, -0.1) is 0 Å². The number of sulfonamides is 1. The minimum absolute atomic E-state index is 0.453. The summed E-state index contributed by atoms with van der Waals surface area (Å²) >= 11 is 0. The van der Waals surface area contributed by atoms with Crippen molar-refractivity contribution in [1.29, 1.82) is 0 Å². The van der Waals surface area contributed by atoms with Crippen LogP contribution in [0.25, 0.3) is 0 Å². The largest absolute Gasteiger partial charge is 0.363 e. The molecule has 11 heteroatoms. The van der Waals surface area contributed by atoms with Crippen LogP contribution < -0.4 is 10.5 Å². The van der Waals surface area contributed by atoms with E-state index < -0.39 is 44.7 Å². The van der Waals surface area contributed by atoms with Crippen LogP contribution >= 0.6 is 0 Å². The number of pyridine rings is 1. The van der Waals surface area contributed by atoms with E-state index in [1.54, 1.807) is 4.72 Å². The molecule has 0 spiro atoms. The van der Waals surface area contributed by atoms with Gasteiger partial charge >= 0.3 is 5.82 Å². The summed E-state index contributed by atoms with van der Waals surface area (Å²) in [5, 5.41) is 10.3. The van der Waals surface area contributed by atoms with Crippen LogP contribution in [-0.4, -0.2) is 37.3 Å². The Hall–Kier alpha value is -1.72. The zero-order chi connectivity index (χ0) is 14.7. The monoisotopic (exact) mass is 296 g/mol. The molecule has 0 bridgehead atoms. The van der Waals surface area contributed by atoms with Crippen molar-refractivity contribution in [2.75, 3.05) is 13.1 Å². The summed E-state index contributed by atoms with van der Waals surface area (Å²) in [5.74, 6) is -3.92. The van der Waals surface area contributed by atoms with Gasteiger partial charge in [0.25, 0.3) is 5.92 Å². The quantitative estimate of drug-likeness (QED) is 0.555. The molecular weight excluding hydrogens is 286 g/mol. The van der Waals surface area contributed by atoms with E-state index in [0.29, 0.717) is 6.20 Å². The molecule has 19 heavy (non-hydrogen) atoms. The summed E-state index contributed by atoms with van der Waals surface area (Å²) in [6, 6.07) is 1.75. The van der Waals surface area contributed by atoms with Crippen molar-refractivity contribution in [1.82, 2.24) is 9.71 Å². The Morgan fingerprint density at radius 3 is 2.53 bits per heavy atom. The van der Waals surface area contributed by atoms with E-state index in [1.165, 1.54) is 0 Å². The first kappa shape index (κ1) is 15.3. The highest BCUT2D eigenvalue weighted by Crippen LogP contribution is 2.14. The average molecular weight is 296 g/mol. The highest BCUT2D eigenvalue weighted by molar-refractivity contribution is 7.89. The highest BCUT2D eigenvalue weighted by atomic mass is 32.2. The Labute approximate surface area is 106 Å². The molecule has 0 aliphatic rings. The molecule has 0 amide bonds. The number of aromatic nitrogens is 1. The first-order valence-electron chi connectivity index (χ1n) is 4.86. The summed E-state index contributed by atoms with van der Waals surface area (Å²) in [7, 11) is -4.22. The van der Waals surface area contributed by atoms with E-state index in [4.69, 9.17) is 5.73 Å². The summed E-state index contributed by atoms with van der Waals surface area (Å²) in [6.45, 7) is -2.17. The zero-order valence-electron chi connectivity index (χ0n) is 9.42. The lowest BCUT2D eigenvalue weighted by Crippen LogP contribution is -2.41. The number of rotatable bonds is 6. The van der Waals surface area contributed by atoms with Gasteiger partial charge in [0.2, 0.25) is 10.0 Å². The van der Waals surface area contributed by atoms with Gasteiger partial charge in [-0.2, -0.15) is 0 Å². The lowest BCUT2D eigenvalue weighted by molar-refractivity contribution is -0.389. The van der Waals surface area contributed by atoms with E-state index in [1.807, 2.05) is 0 Å². The number of nitrogens with zero attached hydrogens (tertiary/aromatic N) is 2. The summed E-state index contributed by atoms with van der Waals surface area (Å²) in [6.07, 6.45) is 0.709. The first-order valence-corrected chi connectivity index (χ1v) is 6.34. The van der Waals surface area contributed by atoms with Crippen LogP contribution in [0.1, 0.15) is 0 Å². The molecule has 1 rings (SSSR count). The number of alkyl halides is 2. The lowest BCUT2D eigenvalue weighted by atomic mass is 10.3. The molecule has 0 aromatic carbocycles. The predicted octanol–water partition coefficient (Wildman–Crippen LogP) is -0.138. The molecule has 3 N–H and O–H groups in total. The molecule has 0 saturated carbocycles. The van der Waals surface area contributed by atoms with Crippen molar-refractivity contribution in [3.8, 4) is 0 Å². The standard InChI is InChI=1S/C8H10F2N4O4S/c9-8(10,4-11)5-13-19(17,18)6-1-2-7(12-3-6)14(15)16/h1-3,13H,4-5,11H2. The average Bonchev–Trinajstić information content (AvgIpc) is 2.37. The van der Waals surface area contributed by atoms with Crippen LogP contribution in [0.4, 0.5) is 14.6 Å². The summed E-state index contributed by atoms with van der Waals surface area (Å²) < 4.78 is 50.4. The van der Waals surface area contributed by atoms with Gasteiger partial charge in [0, 0.05) is 6.07 Å². The van der Waals surface area contributed by atoms with Crippen molar-refractivity contribution < 1.29 is 22.1 Å². The third-order valence-corrected chi connectivity index (χ3v) is 3.42. The smallest absolute Gasteiger partial charge is 0.358 e. The minimum atomic E-state index is -4.22. The van der Waals surface area contributed by atoms with Gasteiger partial charge in [-0.05, 0) is 16.0 Å². The topological polar surface area (TPSA) is 128 Å². The fourth-order valence-electron chi connectivity index (χ4n) is 0.996. The van der Waals surface area contributed by atoms with Crippen molar-refractivity contribution in [3.63, 3.8) is 0 Å². The first-order chi connectivity index (χ1) is 8.68. The van der Waals surface area contributed by atoms with E-state index in [0.717, 1.165) is 12.1 Å². The van der Waals surface area contributed by atoms with Gasteiger partial charge < -0.3 is 15.8 Å². The Bertz CT molecular complexity index is 561. The number of nitrogens with one attached hydrogen (secondary N) is 1. The van der Waals surface area contributed by atoms with Crippen LogP contribution in [0.15, 0.2) is 23.2 Å². The van der Waals surface area contributed by atoms with Crippen molar-refractivity contribution in [2.45, 2.75) is 10.8 Å². The van der Waals surface area contributed by atoms with Gasteiger partial charge in [-0.1, -0.05) is 0 Å². The number of hydrogen-bond acceptors (Lipinski definition) is 6. The molecule has 0 radical (unpaired) electrons. The number of nitro groups is 1. The molecule has 0 aliphatic heterocycles. The van der Waals surface area contributed by atoms with Gasteiger partial charge in [-0.25, -0.2) is 21.9 Å². The zero-order valence-corrected chi connectivity index (χ0v) is 10.2. The van der Waals surface area contributed by atoms with E-state index in [9.17, 15) is 27.3 Å². The number of hydrogen-bond donors (Lipinski definition) is 2. The Balaban J connectivity index is 2.86. The summed E-state index contributed by atoms with van der Waals surface area (Å²) in [5.41, 5.74) is 4.76. The fraction of sp³-hybridized carbons (Fsp3) is 0.375. The Kier molecular flexibility index (Phi) is 4.44.